The van der Waals surface area contributed by atoms with Crippen molar-refractivity contribution >= 4 is 29.4 Å². The molecule has 122 valence electrons. The van der Waals surface area contributed by atoms with Crippen LogP contribution in [0.3, 0.4) is 0 Å². The van der Waals surface area contributed by atoms with E-state index in [-0.39, 0.29) is 5.57 Å². The summed E-state index contributed by atoms with van der Waals surface area (Å²) < 4.78 is 37.3. The number of hydrogen-bond donors (Lipinski definition) is 1. The number of amides is 1. The van der Waals surface area contributed by atoms with Gasteiger partial charge in [0.25, 0.3) is 11.7 Å². The number of rotatable bonds is 5. The van der Waals surface area contributed by atoms with Crippen LogP contribution in [-0.2, 0) is 4.79 Å². The largest absolute Gasteiger partial charge is 0.321 e. The van der Waals surface area contributed by atoms with E-state index in [1.165, 1.54) is 54.6 Å². The van der Waals surface area contributed by atoms with Crippen LogP contribution >= 0.6 is 11.8 Å². The normalized spacial score (nSPS) is 11.2. The molecule has 1 N–H and O–H groups in total. The second-order valence-corrected chi connectivity index (χ2v) is 5.64. The smallest absolute Gasteiger partial charge is 0.288 e. The summed E-state index contributed by atoms with van der Waals surface area (Å²) in [5.74, 6) is -3.58. The number of carbonyl (C=O) groups is 1. The topological polar surface area (TPSA) is 52.9 Å². The lowest BCUT2D eigenvalue weighted by atomic mass is 10.1. The predicted molar refractivity (Wildman–Crippen MR) is 86.9 cm³/mol. The van der Waals surface area contributed by atoms with Gasteiger partial charge in [-0.1, -0.05) is 23.9 Å². The van der Waals surface area contributed by atoms with Gasteiger partial charge < -0.3 is 5.32 Å². The van der Waals surface area contributed by atoms with Crippen molar-refractivity contribution in [3.05, 3.63) is 65.5 Å². The molecule has 1 amide bonds. The fraction of sp³-hybridized carbons (Fsp3) is 0.0588. The summed E-state index contributed by atoms with van der Waals surface area (Å²) in [5, 5.41) is 11.6. The van der Waals surface area contributed by atoms with Crippen LogP contribution in [0.15, 0.2) is 59.0 Å². The Hall–Kier alpha value is -2.72. The minimum absolute atomic E-state index is 0.160. The third-order valence-electron chi connectivity index (χ3n) is 2.88. The molecule has 0 heterocycles. The maximum absolute atomic E-state index is 12.9. The number of thioether (sulfide) groups is 1. The summed E-state index contributed by atoms with van der Waals surface area (Å²) in [4.78, 5) is 12.4. The van der Waals surface area contributed by atoms with Gasteiger partial charge in [0.2, 0.25) is 0 Å². The van der Waals surface area contributed by atoms with E-state index >= 15 is 0 Å². The highest BCUT2D eigenvalue weighted by Crippen LogP contribution is 2.26. The van der Waals surface area contributed by atoms with Crippen molar-refractivity contribution in [2.24, 2.45) is 0 Å². The van der Waals surface area contributed by atoms with Gasteiger partial charge >= 0.3 is 0 Å². The number of halogens is 3. The molecule has 0 aliphatic rings. The molecule has 0 saturated carbocycles. The Bertz CT molecular complexity index is 781. The third kappa shape index (κ3) is 5.18. The molecule has 0 unspecified atom stereocenters. The van der Waals surface area contributed by atoms with Gasteiger partial charge in [-0.2, -0.15) is 14.0 Å². The molecule has 2 aromatic rings. The Morgan fingerprint density at radius 3 is 2.29 bits per heavy atom. The summed E-state index contributed by atoms with van der Waals surface area (Å²) in [6.07, 6.45) is 1.33. The molecule has 2 rings (SSSR count). The standard InChI is InChI=1S/C17H11F3N2OS/c18-13-3-1-11(2-4-13)9-12(10-21)16(23)22-14-5-7-15(8-6-14)24-17(19)20/h1-9,17H,(H,22,23)/b12-9+. The molecule has 0 fully saturated rings. The summed E-state index contributed by atoms with van der Waals surface area (Å²) in [6.45, 7) is 0. The van der Waals surface area contributed by atoms with Gasteiger partial charge in [-0.25, -0.2) is 4.39 Å². The minimum atomic E-state index is -2.52. The molecule has 0 aliphatic heterocycles. The Balaban J connectivity index is 2.09. The van der Waals surface area contributed by atoms with Crippen LogP contribution in [0.2, 0.25) is 0 Å². The molecule has 0 atom stereocenters. The van der Waals surface area contributed by atoms with Gasteiger partial charge in [0, 0.05) is 10.6 Å². The van der Waals surface area contributed by atoms with E-state index in [1.54, 1.807) is 6.07 Å². The Morgan fingerprint density at radius 2 is 1.75 bits per heavy atom. The second-order valence-electron chi connectivity index (χ2n) is 4.58. The summed E-state index contributed by atoms with van der Waals surface area (Å²) in [5.41, 5.74) is 0.721. The number of nitriles is 1. The van der Waals surface area contributed by atoms with Crippen LogP contribution in [-0.4, -0.2) is 11.7 Å². The molecule has 0 spiro atoms. The minimum Gasteiger partial charge on any atom is -0.321 e. The highest BCUT2D eigenvalue weighted by molar-refractivity contribution is 7.99. The molecule has 24 heavy (non-hydrogen) atoms. The molecule has 3 nitrogen and oxygen atoms in total. The molecule has 0 radical (unpaired) electrons. The molecule has 2 aromatic carbocycles. The lowest BCUT2D eigenvalue weighted by Gasteiger charge is -2.06. The molecular weight excluding hydrogens is 337 g/mol. The van der Waals surface area contributed by atoms with Crippen LogP contribution < -0.4 is 5.32 Å². The molecular formula is C17H11F3N2OS. The van der Waals surface area contributed by atoms with Crippen molar-refractivity contribution in [2.45, 2.75) is 10.7 Å². The number of hydrogen-bond acceptors (Lipinski definition) is 3. The van der Waals surface area contributed by atoms with E-state index in [2.05, 4.69) is 5.32 Å². The molecule has 7 heteroatoms. The highest BCUT2D eigenvalue weighted by atomic mass is 32.2. The quantitative estimate of drug-likeness (QED) is 0.485. The average Bonchev–Trinajstić information content (AvgIpc) is 2.55. The fourth-order valence-electron chi connectivity index (χ4n) is 1.79. The monoisotopic (exact) mass is 348 g/mol. The number of nitrogens with zero attached hydrogens (tertiary/aromatic N) is 1. The molecule has 0 aromatic heterocycles. The van der Waals surface area contributed by atoms with Crippen LogP contribution in [0.5, 0.6) is 0 Å². The molecule has 0 saturated heterocycles. The first-order valence-corrected chi connectivity index (χ1v) is 7.59. The number of benzene rings is 2. The Labute approximate surface area is 140 Å². The van der Waals surface area contributed by atoms with Crippen molar-refractivity contribution in [3.63, 3.8) is 0 Å². The van der Waals surface area contributed by atoms with Crippen LogP contribution in [0.4, 0.5) is 18.9 Å². The summed E-state index contributed by atoms with van der Waals surface area (Å²) in [6, 6.07) is 12.9. The maximum atomic E-state index is 12.9. The first-order valence-electron chi connectivity index (χ1n) is 6.71. The molecule has 0 aliphatic carbocycles. The van der Waals surface area contributed by atoms with Gasteiger partial charge in [0.15, 0.2) is 0 Å². The number of nitrogens with one attached hydrogen (secondary N) is 1. The third-order valence-corrected chi connectivity index (χ3v) is 3.61. The lowest BCUT2D eigenvalue weighted by Crippen LogP contribution is -2.13. The lowest BCUT2D eigenvalue weighted by molar-refractivity contribution is -0.112. The zero-order chi connectivity index (χ0) is 17.5. The van der Waals surface area contributed by atoms with E-state index in [1.807, 2.05) is 0 Å². The van der Waals surface area contributed by atoms with E-state index in [0.717, 1.165) is 0 Å². The van der Waals surface area contributed by atoms with Crippen molar-refractivity contribution in [1.29, 1.82) is 5.26 Å². The van der Waals surface area contributed by atoms with Gasteiger partial charge in [-0.15, -0.1) is 0 Å². The number of alkyl halides is 2. The Morgan fingerprint density at radius 1 is 1.12 bits per heavy atom. The van der Waals surface area contributed by atoms with Crippen LogP contribution in [0, 0.1) is 17.1 Å². The first kappa shape index (κ1) is 17.6. The van der Waals surface area contributed by atoms with E-state index in [4.69, 9.17) is 5.26 Å². The van der Waals surface area contributed by atoms with Crippen molar-refractivity contribution in [2.75, 3.05) is 5.32 Å². The first-order chi connectivity index (χ1) is 11.5. The molecule has 0 bridgehead atoms. The highest BCUT2D eigenvalue weighted by Gasteiger charge is 2.10. The van der Waals surface area contributed by atoms with Crippen molar-refractivity contribution in [1.82, 2.24) is 0 Å². The van der Waals surface area contributed by atoms with Gasteiger partial charge in [-0.3, -0.25) is 4.79 Å². The average molecular weight is 348 g/mol. The van der Waals surface area contributed by atoms with E-state index in [9.17, 15) is 18.0 Å². The van der Waals surface area contributed by atoms with Gasteiger partial charge in [-0.05, 0) is 48.0 Å². The van der Waals surface area contributed by atoms with E-state index in [0.29, 0.717) is 27.9 Å². The van der Waals surface area contributed by atoms with Gasteiger partial charge in [0.05, 0.1) is 0 Å². The summed E-state index contributed by atoms with van der Waals surface area (Å²) in [7, 11) is 0. The zero-order valence-corrected chi connectivity index (χ0v) is 13.0. The van der Waals surface area contributed by atoms with Crippen molar-refractivity contribution < 1.29 is 18.0 Å². The number of carbonyl (C=O) groups excluding carboxylic acids is 1. The predicted octanol–water partition coefficient (Wildman–Crippen LogP) is 4.69. The van der Waals surface area contributed by atoms with Crippen LogP contribution in [0.1, 0.15) is 5.56 Å². The summed E-state index contributed by atoms with van der Waals surface area (Å²) >= 11 is 0.399. The zero-order valence-electron chi connectivity index (χ0n) is 12.2. The maximum Gasteiger partial charge on any atom is 0.288 e. The number of anilines is 1. The van der Waals surface area contributed by atoms with E-state index < -0.39 is 17.5 Å². The SMILES string of the molecule is N#C/C(=C\c1ccc(F)cc1)C(=O)Nc1ccc(SC(F)F)cc1. The Kier molecular flexibility index (Phi) is 6.04. The van der Waals surface area contributed by atoms with Gasteiger partial charge in [0.1, 0.15) is 17.5 Å². The van der Waals surface area contributed by atoms with Crippen LogP contribution in [0.25, 0.3) is 6.08 Å². The van der Waals surface area contributed by atoms with Crippen molar-refractivity contribution in [3.8, 4) is 6.07 Å². The fourth-order valence-corrected chi connectivity index (χ4v) is 2.29. The second kappa shape index (κ2) is 8.22.